The number of aromatic nitrogens is 1. The molecule has 0 aliphatic heterocycles. The Balaban J connectivity index is 1.18. The van der Waals surface area contributed by atoms with Gasteiger partial charge in [0.1, 0.15) is 11.2 Å². The highest BCUT2D eigenvalue weighted by molar-refractivity contribution is 6.17. The smallest absolute Gasteiger partial charge is 0.143 e. The summed E-state index contributed by atoms with van der Waals surface area (Å²) < 4.78 is 9.03. The molecule has 12 rings (SSSR count). The fraction of sp³-hybridized carbons (Fsp3) is 0. The molecule has 0 saturated heterocycles. The molecule has 0 aliphatic carbocycles. The van der Waals surface area contributed by atoms with Crippen LogP contribution in [0.4, 0.5) is 17.1 Å². The van der Waals surface area contributed by atoms with E-state index in [4.69, 9.17) is 4.42 Å². The number of fused-ring (bicyclic) bond motifs is 6. The van der Waals surface area contributed by atoms with Crippen molar-refractivity contribution in [1.29, 1.82) is 0 Å². The van der Waals surface area contributed by atoms with E-state index < -0.39 is 0 Å². The lowest BCUT2D eigenvalue weighted by atomic mass is 9.94. The first-order chi connectivity index (χ1) is 31.3. The number of rotatable bonds is 8. The Bertz CT molecular complexity index is 3550. The third-order valence-electron chi connectivity index (χ3n) is 12.4. The quantitative estimate of drug-likeness (QED) is 0.153. The molecule has 0 atom stereocenters. The first kappa shape index (κ1) is 36.5. The van der Waals surface area contributed by atoms with Crippen LogP contribution in [0.1, 0.15) is 0 Å². The van der Waals surface area contributed by atoms with E-state index in [0.717, 1.165) is 100 Å². The highest BCUT2D eigenvalue weighted by atomic mass is 16.3. The van der Waals surface area contributed by atoms with Crippen molar-refractivity contribution in [3.63, 3.8) is 0 Å². The second kappa shape index (κ2) is 15.3. The van der Waals surface area contributed by atoms with Crippen molar-refractivity contribution >= 4 is 60.8 Å². The molecule has 2 aromatic heterocycles. The van der Waals surface area contributed by atoms with Gasteiger partial charge in [-0.15, -0.1) is 0 Å². The molecule has 3 nitrogen and oxygen atoms in total. The van der Waals surface area contributed by atoms with E-state index in [2.05, 4.69) is 246 Å². The zero-order valence-corrected chi connectivity index (χ0v) is 34.4. The predicted octanol–water partition coefficient (Wildman–Crippen LogP) is 16.8. The molecule has 0 spiro atoms. The van der Waals surface area contributed by atoms with Crippen LogP contribution in [0.5, 0.6) is 0 Å². The molecule has 12 aromatic rings. The molecule has 63 heavy (non-hydrogen) atoms. The van der Waals surface area contributed by atoms with Crippen LogP contribution in [0.15, 0.2) is 247 Å². The molecule has 0 unspecified atom stereocenters. The first-order valence-electron chi connectivity index (χ1n) is 21.5. The molecule has 0 radical (unpaired) electrons. The number of furan rings is 1. The van der Waals surface area contributed by atoms with Crippen LogP contribution in [-0.2, 0) is 0 Å². The SMILES string of the molecule is c1ccc(-c2cc(-c3ccccc3)cc(N(c3ccc(-c4cccc5c4oc4ccccc45)cc3-c3ccccc3)c3cccc4c3c3ccccc3n4-c3ccccc3)c2)cc1. The summed E-state index contributed by atoms with van der Waals surface area (Å²) in [5.41, 5.74) is 17.4. The summed E-state index contributed by atoms with van der Waals surface area (Å²) in [4.78, 5) is 2.50. The molecule has 10 aromatic carbocycles. The average Bonchev–Trinajstić information content (AvgIpc) is 3.92. The van der Waals surface area contributed by atoms with Gasteiger partial charge >= 0.3 is 0 Å². The Labute approximate surface area is 366 Å². The Morgan fingerprint density at radius 1 is 0.333 bits per heavy atom. The van der Waals surface area contributed by atoms with Gasteiger partial charge in [-0.1, -0.05) is 176 Å². The number of hydrogen-bond donors (Lipinski definition) is 0. The number of nitrogens with zero attached hydrogens (tertiary/aromatic N) is 2. The van der Waals surface area contributed by atoms with Crippen LogP contribution in [0.25, 0.3) is 93.9 Å². The summed E-state index contributed by atoms with van der Waals surface area (Å²) >= 11 is 0. The summed E-state index contributed by atoms with van der Waals surface area (Å²) in [5, 5.41) is 4.60. The first-order valence-corrected chi connectivity index (χ1v) is 21.5. The van der Waals surface area contributed by atoms with Crippen molar-refractivity contribution in [3.8, 4) is 50.2 Å². The fourth-order valence-corrected chi connectivity index (χ4v) is 9.51. The maximum absolute atomic E-state index is 6.63. The van der Waals surface area contributed by atoms with E-state index >= 15 is 0 Å². The minimum Gasteiger partial charge on any atom is -0.455 e. The van der Waals surface area contributed by atoms with Gasteiger partial charge in [0.2, 0.25) is 0 Å². The van der Waals surface area contributed by atoms with Gasteiger partial charge < -0.3 is 13.9 Å². The second-order valence-corrected chi connectivity index (χ2v) is 16.1. The van der Waals surface area contributed by atoms with Crippen LogP contribution in [-0.4, -0.2) is 4.57 Å². The normalized spacial score (nSPS) is 11.5. The molecule has 296 valence electrons. The van der Waals surface area contributed by atoms with E-state index in [1.165, 1.54) is 10.8 Å². The number of para-hydroxylation sites is 4. The minimum atomic E-state index is 0.890. The van der Waals surface area contributed by atoms with Crippen molar-refractivity contribution in [2.75, 3.05) is 4.90 Å². The monoisotopic (exact) mass is 804 g/mol. The summed E-state index contributed by atoms with van der Waals surface area (Å²) in [7, 11) is 0. The lowest BCUT2D eigenvalue weighted by Crippen LogP contribution is -2.12. The van der Waals surface area contributed by atoms with E-state index in [1.807, 2.05) is 6.07 Å². The zero-order chi connectivity index (χ0) is 41.7. The molecule has 3 heteroatoms. The van der Waals surface area contributed by atoms with Crippen LogP contribution in [0.2, 0.25) is 0 Å². The Kier molecular flexibility index (Phi) is 8.83. The summed E-state index contributed by atoms with van der Waals surface area (Å²) in [6, 6.07) is 87.3. The number of hydrogen-bond acceptors (Lipinski definition) is 2. The van der Waals surface area contributed by atoms with E-state index in [0.29, 0.717) is 0 Å². The van der Waals surface area contributed by atoms with Gasteiger partial charge in [0.25, 0.3) is 0 Å². The average molecular weight is 805 g/mol. The van der Waals surface area contributed by atoms with Crippen molar-refractivity contribution in [3.05, 3.63) is 243 Å². The fourth-order valence-electron chi connectivity index (χ4n) is 9.51. The van der Waals surface area contributed by atoms with Crippen molar-refractivity contribution < 1.29 is 4.42 Å². The van der Waals surface area contributed by atoms with E-state index in [9.17, 15) is 0 Å². The Morgan fingerprint density at radius 3 is 1.62 bits per heavy atom. The molecule has 0 saturated carbocycles. The van der Waals surface area contributed by atoms with Crippen LogP contribution in [0.3, 0.4) is 0 Å². The minimum absolute atomic E-state index is 0.890. The topological polar surface area (TPSA) is 21.3 Å². The van der Waals surface area contributed by atoms with E-state index in [1.54, 1.807) is 0 Å². The second-order valence-electron chi connectivity index (χ2n) is 16.1. The van der Waals surface area contributed by atoms with Crippen molar-refractivity contribution in [2.24, 2.45) is 0 Å². The van der Waals surface area contributed by atoms with Gasteiger partial charge in [-0.25, -0.2) is 0 Å². The Hall–Kier alpha value is -8.40. The highest BCUT2D eigenvalue weighted by Crippen LogP contribution is 2.49. The highest BCUT2D eigenvalue weighted by Gasteiger charge is 2.25. The molecule has 0 fully saturated rings. The molecule has 0 N–H and O–H groups in total. The van der Waals surface area contributed by atoms with Gasteiger partial charge in [-0.05, 0) is 100 Å². The molecular weight excluding hydrogens is 765 g/mol. The lowest BCUT2D eigenvalue weighted by Gasteiger charge is -2.30. The predicted molar refractivity (Wildman–Crippen MR) is 264 cm³/mol. The zero-order valence-electron chi connectivity index (χ0n) is 34.4. The Morgan fingerprint density at radius 2 is 0.905 bits per heavy atom. The third-order valence-corrected chi connectivity index (χ3v) is 12.4. The van der Waals surface area contributed by atoms with Gasteiger partial charge in [-0.2, -0.15) is 0 Å². The summed E-state index contributed by atoms with van der Waals surface area (Å²) in [6.07, 6.45) is 0. The molecule has 2 heterocycles. The van der Waals surface area contributed by atoms with Gasteiger partial charge in [0.15, 0.2) is 0 Å². The maximum Gasteiger partial charge on any atom is 0.143 e. The largest absolute Gasteiger partial charge is 0.455 e. The lowest BCUT2D eigenvalue weighted by molar-refractivity contribution is 0.670. The van der Waals surface area contributed by atoms with Gasteiger partial charge in [0.05, 0.1) is 22.4 Å². The summed E-state index contributed by atoms with van der Waals surface area (Å²) in [6.45, 7) is 0. The van der Waals surface area contributed by atoms with E-state index in [-0.39, 0.29) is 0 Å². The molecule has 0 aliphatic rings. The van der Waals surface area contributed by atoms with Gasteiger partial charge in [0, 0.05) is 44.0 Å². The van der Waals surface area contributed by atoms with Crippen LogP contribution in [0, 0.1) is 0 Å². The van der Waals surface area contributed by atoms with Crippen molar-refractivity contribution in [2.45, 2.75) is 0 Å². The summed E-state index contributed by atoms with van der Waals surface area (Å²) in [5.74, 6) is 0. The van der Waals surface area contributed by atoms with Crippen molar-refractivity contribution in [1.82, 2.24) is 4.57 Å². The molecular formula is C60H40N2O. The maximum atomic E-state index is 6.63. The van der Waals surface area contributed by atoms with Gasteiger partial charge in [-0.3, -0.25) is 0 Å². The number of benzene rings is 10. The number of anilines is 3. The molecule has 0 bridgehead atoms. The van der Waals surface area contributed by atoms with Crippen LogP contribution >= 0.6 is 0 Å². The molecule has 0 amide bonds. The van der Waals surface area contributed by atoms with Crippen LogP contribution < -0.4 is 4.90 Å². The standard InChI is InChI=1S/C60H40N2O/c1-5-19-41(20-6-1)45-37-46(42-21-7-2-8-22-42)39-48(38-45)62(57-33-18-32-56-59(57)52-28-13-15-31-54(52)61(56)47-25-11-4-12-26-47)55-36-35-44(40-53(55)43-23-9-3-10-24-43)49-29-17-30-51-50-27-14-16-34-58(50)63-60(49)51/h1-40H. The third kappa shape index (κ3) is 6.29.